The highest BCUT2D eigenvalue weighted by molar-refractivity contribution is 6.08. The summed E-state index contributed by atoms with van der Waals surface area (Å²) >= 11 is 0. The Balaban J connectivity index is 1.80. The van der Waals surface area contributed by atoms with Crippen LogP contribution in [0.3, 0.4) is 0 Å². The number of aryl methyl sites for hydroxylation is 3. The van der Waals surface area contributed by atoms with Crippen LogP contribution in [0.2, 0.25) is 0 Å². The topological polar surface area (TPSA) is 29.9 Å². The lowest BCUT2D eigenvalue weighted by Crippen LogP contribution is -2.32. The second-order valence-electron chi connectivity index (χ2n) is 8.77. The van der Waals surface area contributed by atoms with Crippen LogP contribution < -0.4 is 4.57 Å². The summed E-state index contributed by atoms with van der Waals surface area (Å²) in [5, 5.41) is 3.51. The van der Waals surface area contributed by atoms with Gasteiger partial charge in [-0.2, -0.15) is 4.57 Å². The van der Waals surface area contributed by atoms with Crippen LogP contribution in [0.1, 0.15) is 30.7 Å². The van der Waals surface area contributed by atoms with Gasteiger partial charge in [0.05, 0.1) is 5.56 Å². The van der Waals surface area contributed by atoms with Crippen LogP contribution in [0.15, 0.2) is 59.0 Å². The maximum atomic E-state index is 6.32. The summed E-state index contributed by atoms with van der Waals surface area (Å²) in [6.07, 6.45) is 1.08. The second-order valence-corrected chi connectivity index (χ2v) is 8.77. The average Bonchev–Trinajstić information content (AvgIpc) is 3.06. The molecule has 0 atom stereocenters. The lowest BCUT2D eigenvalue weighted by atomic mass is 9.96. The van der Waals surface area contributed by atoms with Crippen LogP contribution in [-0.4, -0.2) is 4.98 Å². The van der Waals surface area contributed by atoms with Crippen molar-refractivity contribution in [3.63, 3.8) is 0 Å². The molecule has 5 rings (SSSR count). The molecule has 2 aromatic carbocycles. The highest BCUT2D eigenvalue weighted by atomic mass is 16.3. The molecule has 0 radical (unpaired) electrons. The van der Waals surface area contributed by atoms with Gasteiger partial charge in [-0.3, -0.25) is 0 Å². The molecule has 0 bridgehead atoms. The summed E-state index contributed by atoms with van der Waals surface area (Å²) in [4.78, 5) is 4.62. The molecule has 3 heteroatoms. The molecule has 0 unspecified atom stereocenters. The summed E-state index contributed by atoms with van der Waals surface area (Å²) in [7, 11) is 2.15. The maximum Gasteiger partial charge on any atom is 0.227 e. The Morgan fingerprint density at radius 2 is 1.67 bits per heavy atom. The van der Waals surface area contributed by atoms with Crippen molar-refractivity contribution in [2.75, 3.05) is 0 Å². The van der Waals surface area contributed by atoms with E-state index in [4.69, 9.17) is 4.42 Å². The Morgan fingerprint density at radius 3 is 2.47 bits per heavy atom. The molecule has 0 saturated carbocycles. The van der Waals surface area contributed by atoms with Crippen LogP contribution in [-0.2, 0) is 13.5 Å². The fourth-order valence-electron chi connectivity index (χ4n) is 4.59. The van der Waals surface area contributed by atoms with Gasteiger partial charge in [-0.15, -0.1) is 0 Å². The standard InChI is InChI=1S/C27H27N2O/c1-16(2)15-19-7-6-8-23-20(19)13-14-24(29(23)5)25-17(3)9-11-21-22-12-10-18(4)28-27(22)30-26(21)25/h6-14,16H,15H2,1-5H3/q+1. The summed E-state index contributed by atoms with van der Waals surface area (Å²) < 4.78 is 8.62. The minimum absolute atomic E-state index is 0.628. The van der Waals surface area contributed by atoms with Gasteiger partial charge in [0.15, 0.2) is 5.58 Å². The molecule has 3 heterocycles. The third-order valence-electron chi connectivity index (χ3n) is 6.04. The summed E-state index contributed by atoms with van der Waals surface area (Å²) in [6.45, 7) is 8.69. The molecule has 0 amide bonds. The first-order valence-corrected chi connectivity index (χ1v) is 10.6. The van der Waals surface area contributed by atoms with Gasteiger partial charge in [0.2, 0.25) is 16.9 Å². The minimum atomic E-state index is 0.628. The number of fused-ring (bicyclic) bond motifs is 4. The zero-order valence-corrected chi connectivity index (χ0v) is 18.3. The zero-order chi connectivity index (χ0) is 21.0. The number of nitrogens with zero attached hydrogens (tertiary/aromatic N) is 2. The molecule has 0 aliphatic carbocycles. The molecule has 0 saturated heterocycles. The van der Waals surface area contributed by atoms with Gasteiger partial charge in [0.25, 0.3) is 0 Å². The third-order valence-corrected chi connectivity index (χ3v) is 6.04. The van der Waals surface area contributed by atoms with Crippen molar-refractivity contribution >= 4 is 33.0 Å². The van der Waals surface area contributed by atoms with Gasteiger partial charge < -0.3 is 4.42 Å². The molecule has 0 aliphatic heterocycles. The quantitative estimate of drug-likeness (QED) is 0.329. The summed E-state index contributed by atoms with van der Waals surface area (Å²) in [6, 6.07) is 19.6. The number of aromatic nitrogens is 2. The number of hydrogen-bond donors (Lipinski definition) is 0. The van der Waals surface area contributed by atoms with E-state index in [0.717, 1.165) is 39.7 Å². The fourth-order valence-corrected chi connectivity index (χ4v) is 4.59. The van der Waals surface area contributed by atoms with E-state index in [1.807, 2.05) is 13.0 Å². The number of furan rings is 1. The van der Waals surface area contributed by atoms with Gasteiger partial charge in [-0.1, -0.05) is 38.1 Å². The van der Waals surface area contributed by atoms with Crippen molar-refractivity contribution in [2.45, 2.75) is 34.1 Å². The molecular formula is C27H27N2O+. The number of pyridine rings is 2. The summed E-state index contributed by atoms with van der Waals surface area (Å²) in [5.41, 5.74) is 8.73. The maximum absolute atomic E-state index is 6.32. The van der Waals surface area contributed by atoms with E-state index in [1.54, 1.807) is 0 Å². The van der Waals surface area contributed by atoms with Gasteiger partial charge in [0, 0.05) is 34.0 Å². The van der Waals surface area contributed by atoms with Crippen molar-refractivity contribution in [3.05, 3.63) is 71.4 Å². The smallest absolute Gasteiger partial charge is 0.227 e. The largest absolute Gasteiger partial charge is 0.437 e. The van der Waals surface area contributed by atoms with Crippen LogP contribution in [0.4, 0.5) is 0 Å². The predicted molar refractivity (Wildman–Crippen MR) is 124 cm³/mol. The highest BCUT2D eigenvalue weighted by Gasteiger charge is 2.23. The van der Waals surface area contributed by atoms with Crippen LogP contribution in [0, 0.1) is 19.8 Å². The number of rotatable bonds is 3. The summed E-state index contributed by atoms with van der Waals surface area (Å²) in [5.74, 6) is 0.628. The van der Waals surface area contributed by atoms with Crippen LogP contribution >= 0.6 is 0 Å². The van der Waals surface area contributed by atoms with Crippen molar-refractivity contribution in [1.29, 1.82) is 0 Å². The lowest BCUT2D eigenvalue weighted by molar-refractivity contribution is -0.633. The average molecular weight is 396 g/mol. The molecule has 30 heavy (non-hydrogen) atoms. The Bertz CT molecular complexity index is 1430. The lowest BCUT2D eigenvalue weighted by Gasteiger charge is -2.11. The number of hydrogen-bond acceptors (Lipinski definition) is 2. The Kier molecular flexibility index (Phi) is 4.35. The van der Waals surface area contributed by atoms with E-state index in [0.29, 0.717) is 11.6 Å². The van der Waals surface area contributed by atoms with Crippen molar-refractivity contribution < 1.29 is 8.98 Å². The number of benzene rings is 2. The Hall–Kier alpha value is -3.20. The predicted octanol–water partition coefficient (Wildman–Crippen LogP) is 6.44. The minimum Gasteiger partial charge on any atom is -0.437 e. The van der Waals surface area contributed by atoms with Gasteiger partial charge in [-0.25, -0.2) is 4.98 Å². The van der Waals surface area contributed by atoms with E-state index >= 15 is 0 Å². The van der Waals surface area contributed by atoms with E-state index in [9.17, 15) is 0 Å². The molecule has 0 aliphatic rings. The highest BCUT2D eigenvalue weighted by Crippen LogP contribution is 2.37. The molecule has 3 aromatic heterocycles. The normalized spacial score (nSPS) is 11.9. The first-order chi connectivity index (χ1) is 14.4. The van der Waals surface area contributed by atoms with Gasteiger partial charge in [-0.05, 0) is 55.5 Å². The van der Waals surface area contributed by atoms with E-state index in [1.165, 1.54) is 22.0 Å². The molecule has 0 fully saturated rings. The molecule has 0 spiro atoms. The molecule has 5 aromatic rings. The first kappa shape index (κ1) is 18.8. The van der Waals surface area contributed by atoms with Gasteiger partial charge >= 0.3 is 0 Å². The molecular weight excluding hydrogens is 368 g/mol. The zero-order valence-electron chi connectivity index (χ0n) is 18.3. The van der Waals surface area contributed by atoms with E-state index in [2.05, 4.69) is 85.9 Å². The molecule has 150 valence electrons. The monoisotopic (exact) mass is 395 g/mol. The third kappa shape index (κ3) is 2.88. The van der Waals surface area contributed by atoms with Crippen molar-refractivity contribution in [3.8, 4) is 11.3 Å². The van der Waals surface area contributed by atoms with Crippen molar-refractivity contribution in [2.24, 2.45) is 13.0 Å². The second kappa shape index (κ2) is 6.94. The first-order valence-electron chi connectivity index (χ1n) is 10.6. The Morgan fingerprint density at radius 1 is 0.900 bits per heavy atom. The Labute approximate surface area is 177 Å². The molecule has 3 nitrogen and oxygen atoms in total. The van der Waals surface area contributed by atoms with E-state index < -0.39 is 0 Å². The van der Waals surface area contributed by atoms with E-state index in [-0.39, 0.29) is 0 Å². The van der Waals surface area contributed by atoms with Crippen LogP contribution in [0.25, 0.3) is 44.2 Å². The molecule has 0 N–H and O–H groups in total. The fraction of sp³-hybridized carbons (Fsp3) is 0.259. The SMILES string of the molecule is Cc1ccc2c(n1)oc1c(-c3ccc4c(CC(C)C)cccc4[n+]3C)c(C)ccc12. The van der Waals surface area contributed by atoms with Crippen LogP contribution in [0.5, 0.6) is 0 Å². The van der Waals surface area contributed by atoms with Gasteiger partial charge in [0.1, 0.15) is 7.05 Å². The van der Waals surface area contributed by atoms with Crippen molar-refractivity contribution in [1.82, 2.24) is 4.98 Å².